The van der Waals surface area contributed by atoms with Crippen LogP contribution in [0.25, 0.3) is 11.1 Å². The van der Waals surface area contributed by atoms with Gasteiger partial charge in [-0.2, -0.15) is 4.99 Å². The number of hydrazine groups is 1. The Morgan fingerprint density at radius 2 is 2.15 bits per heavy atom. The number of para-hydroxylation sites is 1. The first kappa shape index (κ1) is 20.1. The molecule has 1 atom stereocenters. The highest BCUT2D eigenvalue weighted by molar-refractivity contribution is 8.32. The van der Waals surface area contributed by atoms with Crippen molar-refractivity contribution >= 4 is 39.2 Å². The molecule has 1 aromatic heterocycles. The van der Waals surface area contributed by atoms with Crippen LogP contribution in [0.1, 0.15) is 25.3 Å². The van der Waals surface area contributed by atoms with E-state index < -0.39 is 6.35 Å². The zero-order valence-electron chi connectivity index (χ0n) is 14.8. The van der Waals surface area contributed by atoms with Gasteiger partial charge in [0.2, 0.25) is 5.88 Å². The molecule has 3 rings (SSSR count). The Kier molecular flexibility index (Phi) is 6.69. The summed E-state index contributed by atoms with van der Waals surface area (Å²) in [4.78, 5) is 8.41. The van der Waals surface area contributed by atoms with Gasteiger partial charge in [0.1, 0.15) is 5.75 Å². The van der Waals surface area contributed by atoms with Crippen molar-refractivity contribution in [1.82, 2.24) is 14.8 Å². The van der Waals surface area contributed by atoms with Gasteiger partial charge in [-0.3, -0.25) is 5.43 Å². The number of methoxy groups -OCH3 is 1. The van der Waals surface area contributed by atoms with Crippen LogP contribution in [0.4, 0.5) is 3.89 Å². The van der Waals surface area contributed by atoms with Gasteiger partial charge in [0.15, 0.2) is 17.5 Å². The molecule has 0 spiro atoms. The van der Waals surface area contributed by atoms with Gasteiger partial charge in [0.25, 0.3) is 6.35 Å². The van der Waals surface area contributed by atoms with Crippen LogP contribution in [0.15, 0.2) is 41.5 Å². The van der Waals surface area contributed by atoms with Gasteiger partial charge in [-0.15, -0.1) is 3.89 Å². The summed E-state index contributed by atoms with van der Waals surface area (Å²) in [5.41, 5.74) is 5.43. The van der Waals surface area contributed by atoms with E-state index in [-0.39, 0.29) is 18.3 Å². The van der Waals surface area contributed by atoms with E-state index in [2.05, 4.69) is 29.2 Å². The number of benzene rings is 1. The van der Waals surface area contributed by atoms with Crippen LogP contribution in [-0.4, -0.2) is 28.0 Å². The van der Waals surface area contributed by atoms with Gasteiger partial charge in [-0.1, -0.05) is 36.5 Å². The average molecular weight is 429 g/mol. The second kappa shape index (κ2) is 9.01. The molecule has 0 saturated carbocycles. The number of pyridine rings is 1. The van der Waals surface area contributed by atoms with Crippen LogP contribution in [-0.2, 0) is 0 Å². The van der Waals surface area contributed by atoms with Crippen LogP contribution >= 0.6 is 34.0 Å². The minimum Gasteiger partial charge on any atom is -0.481 e. The van der Waals surface area contributed by atoms with E-state index in [1.165, 1.54) is 0 Å². The smallest absolute Gasteiger partial charge is 0.280 e. The van der Waals surface area contributed by atoms with Crippen molar-refractivity contribution in [3.05, 3.63) is 42.1 Å². The minimum atomic E-state index is -0.899. The lowest BCUT2D eigenvalue weighted by Crippen LogP contribution is -2.36. The quantitative estimate of drug-likeness (QED) is 0.639. The summed E-state index contributed by atoms with van der Waals surface area (Å²) >= 11 is -0.0185. The Hall–Kier alpha value is -1.68. The summed E-state index contributed by atoms with van der Waals surface area (Å²) < 4.78 is 25.8. The number of amidine groups is 1. The number of nitrogens with one attached hydrogen (secondary N) is 1. The summed E-state index contributed by atoms with van der Waals surface area (Å²) in [6.07, 6.45) is 0.768. The second-order valence-corrected chi connectivity index (χ2v) is 7.46. The lowest BCUT2D eigenvalue weighted by atomic mass is 9.96. The third-order valence-electron chi connectivity index (χ3n) is 3.93. The SMILES string of the molecule is COc1cc(-c2cccc(C(C)C)c2OC2N=C(SCl)NN2SF)ccn1. The summed E-state index contributed by atoms with van der Waals surface area (Å²) in [5, 5.41) is 0.362. The highest BCUT2D eigenvalue weighted by Gasteiger charge is 2.31. The molecule has 1 unspecified atom stereocenters. The fraction of sp³-hybridized carbons (Fsp3) is 0.294. The maximum Gasteiger partial charge on any atom is 0.280 e. The van der Waals surface area contributed by atoms with Gasteiger partial charge in [-0.05, 0) is 33.8 Å². The summed E-state index contributed by atoms with van der Waals surface area (Å²) in [5.74, 6) is 1.31. The molecule has 0 bridgehead atoms. The molecule has 1 aromatic carbocycles. The summed E-state index contributed by atoms with van der Waals surface area (Å²) in [6.45, 7) is 4.13. The number of ether oxygens (including phenoxy) is 2. The normalized spacial score (nSPS) is 17.0. The van der Waals surface area contributed by atoms with Crippen LogP contribution in [0.5, 0.6) is 11.6 Å². The molecule has 144 valence electrons. The molecule has 6 nitrogen and oxygen atoms in total. The molecule has 0 radical (unpaired) electrons. The Morgan fingerprint density at radius 1 is 1.33 bits per heavy atom. The fourth-order valence-electron chi connectivity index (χ4n) is 2.66. The highest BCUT2D eigenvalue weighted by Crippen LogP contribution is 2.39. The van der Waals surface area contributed by atoms with Crippen molar-refractivity contribution in [3.63, 3.8) is 0 Å². The highest BCUT2D eigenvalue weighted by atomic mass is 35.7. The first-order chi connectivity index (χ1) is 13.1. The zero-order chi connectivity index (χ0) is 19.4. The average Bonchev–Trinajstić information content (AvgIpc) is 3.10. The van der Waals surface area contributed by atoms with Crippen LogP contribution in [0, 0.1) is 0 Å². The topological polar surface area (TPSA) is 59.0 Å². The van der Waals surface area contributed by atoms with Gasteiger partial charge in [0.05, 0.1) is 7.11 Å². The maximum atomic E-state index is 13.3. The number of halogens is 2. The molecule has 1 N–H and O–H groups in total. The van der Waals surface area contributed by atoms with E-state index in [0.29, 0.717) is 16.8 Å². The third-order valence-corrected chi connectivity index (χ3v) is 5.13. The predicted molar refractivity (Wildman–Crippen MR) is 109 cm³/mol. The number of aliphatic imine (C=N–C) groups is 1. The van der Waals surface area contributed by atoms with E-state index >= 15 is 0 Å². The van der Waals surface area contributed by atoms with E-state index in [4.69, 9.17) is 20.2 Å². The molecular formula is C17H18ClFN4O2S2. The molecule has 2 heterocycles. The monoisotopic (exact) mass is 428 g/mol. The van der Waals surface area contributed by atoms with Crippen molar-refractivity contribution < 1.29 is 13.4 Å². The second-order valence-electron chi connectivity index (χ2n) is 5.93. The van der Waals surface area contributed by atoms with Crippen molar-refractivity contribution in [3.8, 4) is 22.8 Å². The molecule has 27 heavy (non-hydrogen) atoms. The lowest BCUT2D eigenvalue weighted by Gasteiger charge is -2.23. The van der Waals surface area contributed by atoms with Crippen LogP contribution in [0.2, 0.25) is 0 Å². The number of hydrogen-bond acceptors (Lipinski definition) is 8. The third kappa shape index (κ3) is 4.43. The zero-order valence-corrected chi connectivity index (χ0v) is 17.2. The standard InChI is InChI=1S/C17H18ClFN4O2S2/c1-10(2)12-5-4-6-13(11-7-8-20-14(9-11)24-3)15(12)25-17-21-16(26-18)22-23(17)27-19/h4-10,17H,1-3H3,(H,21,22). The van der Waals surface area contributed by atoms with Gasteiger partial charge in [-0.25, -0.2) is 4.98 Å². The molecule has 0 fully saturated rings. The molecule has 0 amide bonds. The Labute approximate surface area is 170 Å². The number of nitrogens with zero attached hydrogens (tertiary/aromatic N) is 3. The van der Waals surface area contributed by atoms with Gasteiger partial charge >= 0.3 is 0 Å². The number of aromatic nitrogens is 1. The Balaban J connectivity index is 2.05. The van der Waals surface area contributed by atoms with Crippen molar-refractivity contribution in [2.45, 2.75) is 26.1 Å². The number of hydrogen-bond donors (Lipinski definition) is 1. The maximum absolute atomic E-state index is 13.3. The molecule has 1 aliphatic heterocycles. The largest absolute Gasteiger partial charge is 0.481 e. The van der Waals surface area contributed by atoms with E-state index in [0.717, 1.165) is 32.1 Å². The molecule has 1 aliphatic rings. The lowest BCUT2D eigenvalue weighted by molar-refractivity contribution is 0.102. The first-order valence-electron chi connectivity index (χ1n) is 8.08. The van der Waals surface area contributed by atoms with E-state index in [1.54, 1.807) is 13.3 Å². The van der Waals surface area contributed by atoms with E-state index in [9.17, 15) is 3.89 Å². The fourth-order valence-corrected chi connectivity index (χ4v) is 3.48. The van der Waals surface area contributed by atoms with Crippen LogP contribution in [0.3, 0.4) is 0 Å². The predicted octanol–water partition coefficient (Wildman–Crippen LogP) is 5.14. The Morgan fingerprint density at radius 3 is 2.81 bits per heavy atom. The summed E-state index contributed by atoms with van der Waals surface area (Å²) in [6, 6.07) is 9.57. The van der Waals surface area contributed by atoms with Crippen molar-refractivity contribution in [2.75, 3.05) is 7.11 Å². The Bertz CT molecular complexity index is 840. The molecule has 0 saturated heterocycles. The molecule has 2 aromatic rings. The molecular weight excluding hydrogens is 411 g/mol. The van der Waals surface area contributed by atoms with Crippen molar-refractivity contribution in [2.24, 2.45) is 4.99 Å². The van der Waals surface area contributed by atoms with E-state index in [1.807, 2.05) is 30.3 Å². The molecule has 0 aliphatic carbocycles. The van der Waals surface area contributed by atoms with Crippen molar-refractivity contribution in [1.29, 1.82) is 0 Å². The first-order valence-corrected chi connectivity index (χ1v) is 10.4. The van der Waals surface area contributed by atoms with Crippen LogP contribution < -0.4 is 14.9 Å². The summed E-state index contributed by atoms with van der Waals surface area (Å²) in [7, 11) is 8.16. The minimum absolute atomic E-state index is 0.0185. The number of rotatable bonds is 6. The van der Waals surface area contributed by atoms with Gasteiger partial charge < -0.3 is 9.47 Å². The van der Waals surface area contributed by atoms with Gasteiger partial charge in [0, 0.05) is 28.8 Å². The molecule has 10 heteroatoms.